The van der Waals surface area contributed by atoms with Gasteiger partial charge in [-0.05, 0) is 43.9 Å². The third-order valence-corrected chi connectivity index (χ3v) is 5.95. The van der Waals surface area contributed by atoms with Crippen LogP contribution in [0.25, 0.3) is 0 Å². The molecule has 168 valence electrons. The molecule has 0 bridgehead atoms. The van der Waals surface area contributed by atoms with Gasteiger partial charge in [-0.15, -0.1) is 0 Å². The lowest BCUT2D eigenvalue weighted by molar-refractivity contribution is -0.137. The molecule has 1 saturated carbocycles. The summed E-state index contributed by atoms with van der Waals surface area (Å²) in [6.07, 6.45) is -2.95. The van der Waals surface area contributed by atoms with Gasteiger partial charge >= 0.3 is 12.2 Å². The second-order valence-electron chi connectivity index (χ2n) is 8.18. The predicted octanol–water partition coefficient (Wildman–Crippen LogP) is 2.20. The van der Waals surface area contributed by atoms with Crippen molar-refractivity contribution in [1.29, 1.82) is 0 Å². The zero-order chi connectivity index (χ0) is 22.4. The SMILES string of the molecule is C[C@]1(C2CC2)NC(=O)N(CC(=O)Nc2cc(C(F)(F)F)ccc2N2CCOCC2)C1=O. The van der Waals surface area contributed by atoms with E-state index in [0.29, 0.717) is 32.0 Å². The number of nitrogens with one attached hydrogen (secondary N) is 2. The number of carbonyl (C=O) groups is 3. The quantitative estimate of drug-likeness (QED) is 0.686. The first-order chi connectivity index (χ1) is 14.6. The van der Waals surface area contributed by atoms with Crippen molar-refractivity contribution >= 4 is 29.2 Å². The van der Waals surface area contributed by atoms with Gasteiger partial charge in [-0.1, -0.05) is 0 Å². The number of ether oxygens (including phenoxy) is 1. The van der Waals surface area contributed by atoms with Crippen LogP contribution in [-0.2, 0) is 20.5 Å². The Morgan fingerprint density at radius 3 is 2.55 bits per heavy atom. The molecule has 11 heteroatoms. The number of amides is 4. The molecule has 31 heavy (non-hydrogen) atoms. The molecule has 1 aliphatic carbocycles. The fourth-order valence-corrected chi connectivity index (χ4v) is 4.02. The molecule has 0 radical (unpaired) electrons. The van der Waals surface area contributed by atoms with E-state index in [4.69, 9.17) is 4.74 Å². The molecule has 0 spiro atoms. The van der Waals surface area contributed by atoms with Crippen LogP contribution in [0.2, 0.25) is 0 Å². The van der Waals surface area contributed by atoms with Crippen molar-refractivity contribution in [2.24, 2.45) is 5.92 Å². The Hall–Kier alpha value is -2.82. The first-order valence-electron chi connectivity index (χ1n) is 10.1. The number of halogens is 3. The van der Waals surface area contributed by atoms with E-state index in [1.54, 1.807) is 6.92 Å². The lowest BCUT2D eigenvalue weighted by Gasteiger charge is -2.31. The van der Waals surface area contributed by atoms with Crippen molar-refractivity contribution in [3.05, 3.63) is 23.8 Å². The van der Waals surface area contributed by atoms with Crippen LogP contribution in [0.5, 0.6) is 0 Å². The van der Waals surface area contributed by atoms with E-state index in [1.165, 1.54) is 6.07 Å². The summed E-state index contributed by atoms with van der Waals surface area (Å²) in [5.41, 5.74) is -1.55. The van der Waals surface area contributed by atoms with Gasteiger partial charge in [-0.2, -0.15) is 13.2 Å². The summed E-state index contributed by atoms with van der Waals surface area (Å²) in [7, 11) is 0. The average molecular weight is 440 g/mol. The molecule has 0 unspecified atom stereocenters. The summed E-state index contributed by atoms with van der Waals surface area (Å²) in [6, 6.07) is 2.45. The fraction of sp³-hybridized carbons (Fsp3) is 0.550. The molecule has 2 heterocycles. The molecule has 4 amide bonds. The number of hydrogen-bond acceptors (Lipinski definition) is 5. The summed E-state index contributed by atoms with van der Waals surface area (Å²) in [5.74, 6) is -1.21. The van der Waals surface area contributed by atoms with Crippen LogP contribution < -0.4 is 15.5 Å². The van der Waals surface area contributed by atoms with Crippen molar-refractivity contribution in [2.45, 2.75) is 31.5 Å². The first-order valence-corrected chi connectivity index (χ1v) is 10.1. The number of urea groups is 1. The van der Waals surface area contributed by atoms with E-state index in [9.17, 15) is 27.6 Å². The Morgan fingerprint density at radius 2 is 1.94 bits per heavy atom. The number of carbonyl (C=O) groups excluding carboxylic acids is 3. The molecule has 8 nitrogen and oxygen atoms in total. The summed E-state index contributed by atoms with van der Waals surface area (Å²) < 4.78 is 45.0. The number of nitrogens with zero attached hydrogens (tertiary/aromatic N) is 2. The van der Waals surface area contributed by atoms with Gasteiger partial charge in [0.25, 0.3) is 5.91 Å². The summed E-state index contributed by atoms with van der Waals surface area (Å²) in [6.45, 7) is 2.80. The Kier molecular flexibility index (Phi) is 5.32. The van der Waals surface area contributed by atoms with Crippen LogP contribution >= 0.6 is 0 Å². The second kappa shape index (κ2) is 7.70. The van der Waals surface area contributed by atoms with Gasteiger partial charge in [0.05, 0.1) is 30.2 Å². The van der Waals surface area contributed by atoms with Crippen molar-refractivity contribution < 1.29 is 32.3 Å². The van der Waals surface area contributed by atoms with Crippen LogP contribution in [0.4, 0.5) is 29.3 Å². The maximum Gasteiger partial charge on any atom is 0.416 e. The van der Waals surface area contributed by atoms with Gasteiger partial charge in [-0.25, -0.2) is 4.79 Å². The molecule has 3 fully saturated rings. The Labute approximate surface area is 176 Å². The van der Waals surface area contributed by atoms with Gasteiger partial charge in [0.2, 0.25) is 5.91 Å². The lowest BCUT2D eigenvalue weighted by Crippen LogP contribution is -2.46. The number of imide groups is 1. The van der Waals surface area contributed by atoms with E-state index in [2.05, 4.69) is 10.6 Å². The highest BCUT2D eigenvalue weighted by molar-refractivity contribution is 6.10. The van der Waals surface area contributed by atoms with Gasteiger partial charge in [0.15, 0.2) is 0 Å². The van der Waals surface area contributed by atoms with Crippen molar-refractivity contribution in [2.75, 3.05) is 43.1 Å². The second-order valence-corrected chi connectivity index (χ2v) is 8.18. The largest absolute Gasteiger partial charge is 0.416 e. The normalized spacial score (nSPS) is 24.4. The number of anilines is 2. The molecule has 2 aliphatic heterocycles. The average Bonchev–Trinajstić information content (AvgIpc) is 3.54. The Morgan fingerprint density at radius 1 is 1.26 bits per heavy atom. The Balaban J connectivity index is 1.53. The maximum atomic E-state index is 13.2. The van der Waals surface area contributed by atoms with Crippen molar-refractivity contribution in [1.82, 2.24) is 10.2 Å². The van der Waals surface area contributed by atoms with Crippen LogP contribution in [0.15, 0.2) is 18.2 Å². The van der Waals surface area contributed by atoms with E-state index in [0.717, 1.165) is 29.9 Å². The van der Waals surface area contributed by atoms with E-state index in [1.807, 2.05) is 4.90 Å². The van der Waals surface area contributed by atoms with Crippen LogP contribution in [0.3, 0.4) is 0 Å². The number of rotatable bonds is 5. The number of benzene rings is 1. The van der Waals surface area contributed by atoms with Crippen molar-refractivity contribution in [3.8, 4) is 0 Å². The van der Waals surface area contributed by atoms with Crippen LogP contribution in [-0.4, -0.2) is 61.1 Å². The molecule has 0 aromatic heterocycles. The van der Waals surface area contributed by atoms with Gasteiger partial charge in [-0.3, -0.25) is 14.5 Å². The van der Waals surface area contributed by atoms with Crippen LogP contribution in [0, 0.1) is 5.92 Å². The minimum absolute atomic E-state index is 0.0290. The fourth-order valence-electron chi connectivity index (χ4n) is 4.02. The molecule has 1 atom stereocenters. The topological polar surface area (TPSA) is 91.0 Å². The maximum absolute atomic E-state index is 13.2. The monoisotopic (exact) mass is 440 g/mol. The lowest BCUT2D eigenvalue weighted by atomic mass is 9.96. The van der Waals surface area contributed by atoms with Gasteiger partial charge in [0.1, 0.15) is 12.1 Å². The summed E-state index contributed by atoms with van der Waals surface area (Å²) in [5, 5.41) is 5.11. The van der Waals surface area contributed by atoms with E-state index >= 15 is 0 Å². The molecular weight excluding hydrogens is 417 g/mol. The number of hydrogen-bond donors (Lipinski definition) is 2. The van der Waals surface area contributed by atoms with Crippen LogP contribution in [0.1, 0.15) is 25.3 Å². The Bertz CT molecular complexity index is 912. The zero-order valence-electron chi connectivity index (χ0n) is 16.9. The summed E-state index contributed by atoms with van der Waals surface area (Å²) >= 11 is 0. The van der Waals surface area contributed by atoms with Crippen molar-refractivity contribution in [3.63, 3.8) is 0 Å². The predicted molar refractivity (Wildman–Crippen MR) is 104 cm³/mol. The highest BCUT2D eigenvalue weighted by atomic mass is 19.4. The minimum atomic E-state index is -4.58. The number of morpholine rings is 1. The molecule has 2 saturated heterocycles. The molecule has 2 N–H and O–H groups in total. The smallest absolute Gasteiger partial charge is 0.378 e. The summed E-state index contributed by atoms with van der Waals surface area (Å²) in [4.78, 5) is 40.2. The standard InChI is InChI=1S/C20H23F3N4O4/c1-19(12-2-3-12)17(29)27(18(30)25-19)11-16(28)24-14-10-13(20(21,22)23)4-5-15(14)26-6-8-31-9-7-26/h4-5,10,12H,2-3,6-9,11H2,1H3,(H,24,28)(H,25,30)/t19-/m1/s1. The van der Waals surface area contributed by atoms with Gasteiger partial charge < -0.3 is 20.3 Å². The minimum Gasteiger partial charge on any atom is -0.378 e. The highest BCUT2D eigenvalue weighted by Gasteiger charge is 2.56. The third-order valence-electron chi connectivity index (χ3n) is 5.95. The zero-order valence-corrected chi connectivity index (χ0v) is 16.9. The van der Waals surface area contributed by atoms with Gasteiger partial charge in [0, 0.05) is 13.1 Å². The first kappa shape index (κ1) is 21.4. The molecule has 1 aromatic rings. The van der Waals surface area contributed by atoms with E-state index in [-0.39, 0.29) is 11.6 Å². The third kappa shape index (κ3) is 4.18. The molecule has 1 aromatic carbocycles. The van der Waals surface area contributed by atoms with E-state index < -0.39 is 41.7 Å². The molecule has 3 aliphatic rings. The highest BCUT2D eigenvalue weighted by Crippen LogP contribution is 2.42. The molecule has 4 rings (SSSR count). The number of alkyl halides is 3. The molecular formula is C20H23F3N4O4.